The van der Waals surface area contributed by atoms with Crippen LogP contribution in [-0.4, -0.2) is 28.3 Å². The fourth-order valence-corrected chi connectivity index (χ4v) is 7.81. The number of fused-ring (bicyclic) bond motifs is 1. The number of hydrogen-bond donors (Lipinski definition) is 2. The van der Waals surface area contributed by atoms with Crippen LogP contribution in [0.3, 0.4) is 0 Å². The number of methoxy groups -OCH3 is 1. The lowest BCUT2D eigenvalue weighted by Crippen LogP contribution is -2.57. The fraction of sp³-hybridized carbons (Fsp3) is 0.545. The van der Waals surface area contributed by atoms with Gasteiger partial charge < -0.3 is 15.0 Å². The number of aromatic nitrogens is 1. The molecule has 6 heteroatoms. The molecule has 6 rings (SSSR count). The highest BCUT2D eigenvalue weighted by atomic mass is 79.9. The summed E-state index contributed by atoms with van der Waals surface area (Å²) in [6.45, 7) is 2.00. The summed E-state index contributed by atoms with van der Waals surface area (Å²) in [6.07, 6.45) is 6.40. The first-order valence-corrected chi connectivity index (χ1v) is 10.8. The van der Waals surface area contributed by atoms with Gasteiger partial charge >= 0.3 is 5.97 Å². The van der Waals surface area contributed by atoms with Crippen LogP contribution in [0, 0.1) is 24.2 Å². The Hall–Kier alpha value is -1.82. The van der Waals surface area contributed by atoms with Gasteiger partial charge in [0, 0.05) is 15.2 Å². The highest BCUT2D eigenvalue weighted by Gasteiger charge is 2.59. The molecule has 1 amide bonds. The summed E-state index contributed by atoms with van der Waals surface area (Å²) in [5, 5.41) is 4.01. The number of rotatable bonds is 3. The van der Waals surface area contributed by atoms with Crippen molar-refractivity contribution < 1.29 is 14.3 Å². The number of alkyl halides is 1. The third kappa shape index (κ3) is 2.71. The minimum Gasteiger partial charge on any atom is -0.464 e. The molecule has 5 nitrogen and oxygen atoms in total. The van der Waals surface area contributed by atoms with E-state index in [0.717, 1.165) is 35.7 Å². The average Bonchev–Trinajstić information content (AvgIpc) is 2.97. The Labute approximate surface area is 172 Å². The standard InChI is InChI=1S/C22H25BrN2O3/c1-12-3-4-16-15(5-12)17(18(24-16)19(26)28-2)25-20(27)21-7-13-6-14(8-21)10-22(23,9-13)11-21/h3-5,13-14,24H,6-11H2,1-2H3,(H,25,27)/t13-,14-,21?,22?/m1/s1. The second-order valence-corrected chi connectivity index (χ2v) is 10.9. The molecule has 148 valence electrons. The number of halogens is 1. The van der Waals surface area contributed by atoms with Crippen LogP contribution in [0.25, 0.3) is 10.9 Å². The zero-order chi connectivity index (χ0) is 19.7. The molecule has 4 fully saturated rings. The summed E-state index contributed by atoms with van der Waals surface area (Å²) in [7, 11) is 1.36. The van der Waals surface area contributed by atoms with Gasteiger partial charge in [-0.25, -0.2) is 4.79 Å². The first-order valence-electron chi connectivity index (χ1n) is 10.0. The smallest absolute Gasteiger partial charge is 0.356 e. The molecule has 4 aliphatic carbocycles. The van der Waals surface area contributed by atoms with E-state index in [1.54, 1.807) is 0 Å². The van der Waals surface area contributed by atoms with E-state index in [2.05, 4.69) is 26.2 Å². The molecule has 0 aliphatic heterocycles. The van der Waals surface area contributed by atoms with Crippen molar-refractivity contribution in [2.24, 2.45) is 17.3 Å². The van der Waals surface area contributed by atoms with E-state index in [4.69, 9.17) is 4.74 Å². The summed E-state index contributed by atoms with van der Waals surface area (Å²) < 4.78 is 5.06. The van der Waals surface area contributed by atoms with E-state index < -0.39 is 5.97 Å². The number of esters is 1. The zero-order valence-electron chi connectivity index (χ0n) is 16.2. The normalized spacial score (nSPS) is 33.2. The monoisotopic (exact) mass is 444 g/mol. The van der Waals surface area contributed by atoms with E-state index in [1.807, 2.05) is 25.1 Å². The largest absolute Gasteiger partial charge is 0.464 e. The van der Waals surface area contributed by atoms with E-state index in [9.17, 15) is 9.59 Å². The molecule has 2 atom stereocenters. The molecule has 0 unspecified atom stereocenters. The maximum absolute atomic E-state index is 13.6. The number of hydrogen-bond acceptors (Lipinski definition) is 3. The molecule has 4 bridgehead atoms. The predicted molar refractivity (Wildman–Crippen MR) is 112 cm³/mol. The second-order valence-electron chi connectivity index (χ2n) is 9.26. The van der Waals surface area contributed by atoms with Gasteiger partial charge in [0.1, 0.15) is 5.69 Å². The van der Waals surface area contributed by atoms with Crippen molar-refractivity contribution in [1.82, 2.24) is 4.98 Å². The number of ether oxygens (including phenoxy) is 1. The van der Waals surface area contributed by atoms with E-state index in [0.29, 0.717) is 23.2 Å². The molecular weight excluding hydrogens is 420 g/mol. The molecule has 2 N–H and O–H groups in total. The number of amides is 1. The first-order chi connectivity index (χ1) is 13.3. The molecular formula is C22H25BrN2O3. The van der Waals surface area contributed by atoms with Crippen molar-refractivity contribution in [3.63, 3.8) is 0 Å². The minimum atomic E-state index is -0.466. The van der Waals surface area contributed by atoms with Crippen molar-refractivity contribution in [3.05, 3.63) is 29.5 Å². The Kier molecular flexibility index (Phi) is 3.96. The van der Waals surface area contributed by atoms with Gasteiger partial charge in [0.05, 0.1) is 18.2 Å². The summed E-state index contributed by atoms with van der Waals surface area (Å²) in [4.78, 5) is 29.1. The second kappa shape index (κ2) is 6.09. The van der Waals surface area contributed by atoms with Gasteiger partial charge in [-0.05, 0) is 69.4 Å². The Morgan fingerprint density at radius 1 is 1.21 bits per heavy atom. The molecule has 0 saturated heterocycles. The van der Waals surface area contributed by atoms with Crippen molar-refractivity contribution in [2.45, 2.75) is 49.8 Å². The molecule has 0 radical (unpaired) electrons. The van der Waals surface area contributed by atoms with Gasteiger partial charge in [0.2, 0.25) is 5.91 Å². The zero-order valence-corrected chi connectivity index (χ0v) is 17.8. The third-order valence-electron chi connectivity index (χ3n) is 7.05. The molecule has 1 aromatic heterocycles. The van der Waals surface area contributed by atoms with Gasteiger partial charge in [0.25, 0.3) is 0 Å². The van der Waals surface area contributed by atoms with Crippen LogP contribution in [-0.2, 0) is 9.53 Å². The number of H-pyrrole nitrogens is 1. The molecule has 28 heavy (non-hydrogen) atoms. The van der Waals surface area contributed by atoms with Crippen molar-refractivity contribution in [2.75, 3.05) is 12.4 Å². The molecule has 1 heterocycles. The lowest BCUT2D eigenvalue weighted by atomic mass is 9.49. The third-order valence-corrected chi connectivity index (χ3v) is 7.98. The topological polar surface area (TPSA) is 71.2 Å². The Morgan fingerprint density at radius 3 is 2.57 bits per heavy atom. The van der Waals surface area contributed by atoms with Crippen LogP contribution < -0.4 is 5.32 Å². The van der Waals surface area contributed by atoms with Crippen LogP contribution in [0.4, 0.5) is 5.69 Å². The van der Waals surface area contributed by atoms with Crippen LogP contribution in [0.5, 0.6) is 0 Å². The van der Waals surface area contributed by atoms with E-state index >= 15 is 0 Å². The molecule has 4 saturated carbocycles. The predicted octanol–water partition coefficient (Wildman–Crippen LogP) is 4.94. The maximum atomic E-state index is 13.6. The highest BCUT2D eigenvalue weighted by Crippen LogP contribution is 2.64. The van der Waals surface area contributed by atoms with Gasteiger partial charge in [-0.2, -0.15) is 0 Å². The molecule has 2 aromatic rings. The first kappa shape index (κ1) is 18.2. The minimum absolute atomic E-state index is 0.0537. The van der Waals surface area contributed by atoms with Crippen molar-refractivity contribution in [1.29, 1.82) is 0 Å². The van der Waals surface area contributed by atoms with Gasteiger partial charge in [-0.1, -0.05) is 27.6 Å². The fourth-order valence-electron chi connectivity index (χ4n) is 6.35. The van der Waals surface area contributed by atoms with Crippen LogP contribution in [0.1, 0.15) is 54.6 Å². The SMILES string of the molecule is COC(=O)c1[nH]c2ccc(C)cc2c1NC(=O)C12C[C@H]3C[C@@H](CC(Br)(C3)C1)C2. The number of benzene rings is 1. The summed E-state index contributed by atoms with van der Waals surface area (Å²) in [5.74, 6) is 0.831. The number of carbonyl (C=O) groups excluding carboxylic acids is 2. The lowest BCUT2D eigenvalue weighted by Gasteiger charge is -2.59. The van der Waals surface area contributed by atoms with Crippen LogP contribution in [0.2, 0.25) is 0 Å². The van der Waals surface area contributed by atoms with E-state index in [1.165, 1.54) is 26.4 Å². The summed E-state index contributed by atoms with van der Waals surface area (Å²) in [5.41, 5.74) is 2.43. The van der Waals surface area contributed by atoms with Gasteiger partial charge in [-0.3, -0.25) is 4.79 Å². The number of aromatic amines is 1. The quantitative estimate of drug-likeness (QED) is 0.520. The van der Waals surface area contributed by atoms with Crippen LogP contribution in [0.15, 0.2) is 18.2 Å². The number of aryl methyl sites for hydroxylation is 1. The summed E-state index contributed by atoms with van der Waals surface area (Å²) >= 11 is 3.98. The summed E-state index contributed by atoms with van der Waals surface area (Å²) in [6, 6.07) is 5.92. The van der Waals surface area contributed by atoms with Crippen LogP contribution >= 0.6 is 15.9 Å². The average molecular weight is 445 g/mol. The number of carbonyl (C=O) groups is 2. The number of anilines is 1. The van der Waals surface area contributed by atoms with Gasteiger partial charge in [0.15, 0.2) is 0 Å². The molecule has 1 aromatic carbocycles. The number of nitrogens with one attached hydrogen (secondary N) is 2. The maximum Gasteiger partial charge on any atom is 0.356 e. The Bertz CT molecular complexity index is 981. The molecule has 4 aliphatic rings. The highest BCUT2D eigenvalue weighted by molar-refractivity contribution is 9.10. The lowest BCUT2D eigenvalue weighted by molar-refractivity contribution is -0.138. The Morgan fingerprint density at radius 2 is 1.93 bits per heavy atom. The van der Waals surface area contributed by atoms with Crippen molar-refractivity contribution >= 4 is 44.4 Å². The van der Waals surface area contributed by atoms with Gasteiger partial charge in [-0.15, -0.1) is 0 Å². The van der Waals surface area contributed by atoms with E-state index in [-0.39, 0.29) is 15.6 Å². The van der Waals surface area contributed by atoms with Crippen molar-refractivity contribution in [3.8, 4) is 0 Å². The molecule has 0 spiro atoms. The Balaban J connectivity index is 1.54.